The molecule has 2 heterocycles. The third-order valence-corrected chi connectivity index (χ3v) is 4.21. The summed E-state index contributed by atoms with van der Waals surface area (Å²) in [6.45, 7) is 0. The average molecular weight is 252 g/mol. The highest BCUT2D eigenvalue weighted by atomic mass is 32.2. The largest absolute Gasteiger partial charge is 0.481 e. The van der Waals surface area contributed by atoms with E-state index in [1.54, 1.807) is 6.07 Å². The van der Waals surface area contributed by atoms with Crippen LogP contribution < -0.4 is 5.56 Å². The van der Waals surface area contributed by atoms with Crippen LogP contribution in [0, 0.1) is 0 Å². The Kier molecular flexibility index (Phi) is 2.47. The molecule has 17 heavy (non-hydrogen) atoms. The standard InChI is InChI=1S/C11H12N2O3S/c14-9-4-8(6-1-2-6)12-11-13(9)7(5-17-11)3-10(15)16/h4,6-7H,1-3,5H2,(H,15,16)/t7-/m1/s1. The van der Waals surface area contributed by atoms with Crippen molar-refractivity contribution < 1.29 is 9.90 Å². The minimum absolute atomic E-state index is 0.00956. The maximum absolute atomic E-state index is 12.0. The van der Waals surface area contributed by atoms with Crippen LogP contribution in [0.2, 0.25) is 0 Å². The lowest BCUT2D eigenvalue weighted by molar-refractivity contribution is -0.137. The summed E-state index contributed by atoms with van der Waals surface area (Å²) in [4.78, 5) is 27.2. The molecule has 0 saturated heterocycles. The minimum Gasteiger partial charge on any atom is -0.481 e. The van der Waals surface area contributed by atoms with E-state index in [0.29, 0.717) is 16.8 Å². The number of rotatable bonds is 3. The molecule has 0 radical (unpaired) electrons. The Hall–Kier alpha value is -1.30. The molecule has 0 unspecified atom stereocenters. The SMILES string of the molecule is O=C(O)C[C@@H]1CSc2nc(C3CC3)cc(=O)n21. The van der Waals surface area contributed by atoms with Crippen molar-refractivity contribution in [3.05, 3.63) is 22.1 Å². The first kappa shape index (κ1) is 10.8. The zero-order valence-electron chi connectivity index (χ0n) is 9.13. The van der Waals surface area contributed by atoms with Crippen molar-refractivity contribution in [1.29, 1.82) is 0 Å². The van der Waals surface area contributed by atoms with Gasteiger partial charge in [0.25, 0.3) is 5.56 Å². The number of hydrogen-bond acceptors (Lipinski definition) is 4. The van der Waals surface area contributed by atoms with Crippen LogP contribution in [-0.4, -0.2) is 26.4 Å². The second kappa shape index (κ2) is 3.87. The van der Waals surface area contributed by atoms with E-state index < -0.39 is 5.97 Å². The lowest BCUT2D eigenvalue weighted by atomic mass is 10.2. The maximum atomic E-state index is 12.0. The van der Waals surface area contributed by atoms with Crippen molar-refractivity contribution in [2.24, 2.45) is 0 Å². The highest BCUT2D eigenvalue weighted by Gasteiger charge is 2.31. The number of carboxylic acids is 1. The molecule has 6 heteroatoms. The predicted octanol–water partition coefficient (Wildman–Crippen LogP) is 1.24. The summed E-state index contributed by atoms with van der Waals surface area (Å²) in [6, 6.07) is 1.32. The lowest BCUT2D eigenvalue weighted by Crippen LogP contribution is -2.26. The monoisotopic (exact) mass is 252 g/mol. The normalized spacial score (nSPS) is 22.5. The Morgan fingerprint density at radius 2 is 2.35 bits per heavy atom. The third-order valence-electron chi connectivity index (χ3n) is 3.12. The fourth-order valence-electron chi connectivity index (χ4n) is 2.11. The van der Waals surface area contributed by atoms with E-state index in [1.807, 2.05) is 0 Å². The predicted molar refractivity (Wildman–Crippen MR) is 62.5 cm³/mol. The van der Waals surface area contributed by atoms with Crippen molar-refractivity contribution in [3.63, 3.8) is 0 Å². The second-order valence-electron chi connectivity index (χ2n) is 4.51. The summed E-state index contributed by atoms with van der Waals surface area (Å²) in [7, 11) is 0. The van der Waals surface area contributed by atoms with Gasteiger partial charge in [-0.3, -0.25) is 14.2 Å². The summed E-state index contributed by atoms with van der Waals surface area (Å²) in [5, 5.41) is 9.48. The molecule has 1 N–H and O–H groups in total. The molecule has 5 nitrogen and oxygen atoms in total. The van der Waals surface area contributed by atoms with E-state index in [1.165, 1.54) is 16.3 Å². The molecule has 1 atom stereocenters. The zero-order valence-corrected chi connectivity index (χ0v) is 9.94. The van der Waals surface area contributed by atoms with Crippen LogP contribution in [0.5, 0.6) is 0 Å². The van der Waals surface area contributed by atoms with Crippen molar-refractivity contribution in [1.82, 2.24) is 9.55 Å². The summed E-state index contributed by atoms with van der Waals surface area (Å²) in [5.41, 5.74) is 0.776. The van der Waals surface area contributed by atoms with Gasteiger partial charge in [-0.2, -0.15) is 0 Å². The van der Waals surface area contributed by atoms with Gasteiger partial charge in [-0.1, -0.05) is 11.8 Å². The molecule has 0 bridgehead atoms. The fourth-order valence-corrected chi connectivity index (χ4v) is 3.27. The summed E-state index contributed by atoms with van der Waals surface area (Å²) >= 11 is 1.48. The summed E-state index contributed by atoms with van der Waals surface area (Å²) in [6.07, 6.45) is 2.21. The van der Waals surface area contributed by atoms with E-state index in [0.717, 1.165) is 18.5 Å². The number of fused-ring (bicyclic) bond motifs is 1. The number of nitrogens with zero attached hydrogens (tertiary/aromatic N) is 2. The number of thioether (sulfide) groups is 1. The Morgan fingerprint density at radius 1 is 1.59 bits per heavy atom. The van der Waals surface area contributed by atoms with Crippen molar-refractivity contribution in [2.75, 3.05) is 5.75 Å². The molecule has 0 aromatic carbocycles. The van der Waals surface area contributed by atoms with E-state index in [9.17, 15) is 9.59 Å². The molecule has 3 rings (SSSR count). The summed E-state index contributed by atoms with van der Waals surface area (Å²) in [5.74, 6) is 0.206. The number of carbonyl (C=O) groups is 1. The van der Waals surface area contributed by atoms with Gasteiger partial charge in [-0.25, -0.2) is 4.98 Å². The van der Waals surface area contributed by atoms with Crippen LogP contribution in [0.3, 0.4) is 0 Å². The molecule has 1 aliphatic carbocycles. The van der Waals surface area contributed by atoms with Crippen LogP contribution in [0.15, 0.2) is 16.0 Å². The van der Waals surface area contributed by atoms with E-state index in [4.69, 9.17) is 5.11 Å². The molecular weight excluding hydrogens is 240 g/mol. The van der Waals surface area contributed by atoms with E-state index in [-0.39, 0.29) is 18.0 Å². The van der Waals surface area contributed by atoms with Gasteiger partial charge in [0.2, 0.25) is 0 Å². The number of carboxylic acid groups (broad SMARTS) is 1. The molecule has 2 aliphatic rings. The van der Waals surface area contributed by atoms with Gasteiger partial charge >= 0.3 is 5.97 Å². The van der Waals surface area contributed by atoms with Gasteiger partial charge in [0.15, 0.2) is 5.16 Å². The molecule has 90 valence electrons. The Balaban J connectivity index is 1.98. The number of hydrogen-bond donors (Lipinski definition) is 1. The first-order valence-electron chi connectivity index (χ1n) is 5.63. The first-order chi connectivity index (χ1) is 8.15. The smallest absolute Gasteiger partial charge is 0.305 e. The molecule has 0 spiro atoms. The number of aliphatic carboxylic acids is 1. The average Bonchev–Trinajstić information content (AvgIpc) is 3.02. The molecule has 1 aromatic heterocycles. The maximum Gasteiger partial charge on any atom is 0.305 e. The summed E-state index contributed by atoms with van der Waals surface area (Å²) < 4.78 is 1.53. The molecule has 0 amide bonds. The van der Waals surface area contributed by atoms with Crippen molar-refractivity contribution in [3.8, 4) is 0 Å². The highest BCUT2D eigenvalue weighted by molar-refractivity contribution is 7.99. The number of aromatic nitrogens is 2. The van der Waals surface area contributed by atoms with Gasteiger partial charge in [0, 0.05) is 17.7 Å². The molecule has 1 aliphatic heterocycles. The Labute approximate surface area is 102 Å². The van der Waals surface area contributed by atoms with Crippen LogP contribution in [0.25, 0.3) is 0 Å². The van der Waals surface area contributed by atoms with Crippen LogP contribution in [0.1, 0.15) is 36.9 Å². The molecule has 1 aromatic rings. The van der Waals surface area contributed by atoms with Gasteiger partial charge < -0.3 is 5.11 Å². The van der Waals surface area contributed by atoms with Gasteiger partial charge in [-0.05, 0) is 12.8 Å². The molecular formula is C11H12N2O3S. The van der Waals surface area contributed by atoms with E-state index in [2.05, 4.69) is 4.98 Å². The van der Waals surface area contributed by atoms with Crippen molar-refractivity contribution >= 4 is 17.7 Å². The fraction of sp³-hybridized carbons (Fsp3) is 0.545. The lowest BCUT2D eigenvalue weighted by Gasteiger charge is -2.10. The Bertz CT molecular complexity index is 536. The second-order valence-corrected chi connectivity index (χ2v) is 5.50. The first-order valence-corrected chi connectivity index (χ1v) is 6.62. The van der Waals surface area contributed by atoms with E-state index >= 15 is 0 Å². The van der Waals surface area contributed by atoms with Gasteiger partial charge in [-0.15, -0.1) is 0 Å². The quantitative estimate of drug-likeness (QED) is 0.819. The third kappa shape index (κ3) is 1.97. The van der Waals surface area contributed by atoms with Gasteiger partial charge in [0.05, 0.1) is 18.2 Å². The van der Waals surface area contributed by atoms with Crippen LogP contribution in [0.4, 0.5) is 0 Å². The molecule has 1 fully saturated rings. The molecule has 1 saturated carbocycles. The minimum atomic E-state index is -0.874. The van der Waals surface area contributed by atoms with Crippen molar-refractivity contribution in [2.45, 2.75) is 36.4 Å². The Morgan fingerprint density at radius 3 is 3.00 bits per heavy atom. The topological polar surface area (TPSA) is 72.2 Å². The zero-order chi connectivity index (χ0) is 12.0. The van der Waals surface area contributed by atoms with Gasteiger partial charge in [0.1, 0.15) is 0 Å². The van der Waals surface area contributed by atoms with Crippen LogP contribution >= 0.6 is 11.8 Å². The van der Waals surface area contributed by atoms with Crippen LogP contribution in [-0.2, 0) is 4.79 Å². The highest BCUT2D eigenvalue weighted by Crippen LogP contribution is 2.40.